The first-order valence-electron chi connectivity index (χ1n) is 6.61. The lowest BCUT2D eigenvalue weighted by Gasteiger charge is -2.16. The van der Waals surface area contributed by atoms with Crippen LogP contribution in [0.15, 0.2) is 42.5 Å². The third-order valence-electron chi connectivity index (χ3n) is 3.37. The van der Waals surface area contributed by atoms with E-state index in [4.69, 9.17) is 5.73 Å². The van der Waals surface area contributed by atoms with Crippen LogP contribution >= 0.6 is 0 Å². The van der Waals surface area contributed by atoms with Gasteiger partial charge in [-0.1, -0.05) is 41.5 Å². The summed E-state index contributed by atoms with van der Waals surface area (Å²) in [4.78, 5) is 0. The van der Waals surface area contributed by atoms with Crippen LogP contribution in [0, 0.1) is 19.7 Å². The lowest BCUT2D eigenvalue weighted by atomic mass is 9.91. The lowest BCUT2D eigenvalue weighted by molar-refractivity contribution is 0.616. The monoisotopic (exact) mass is 257 g/mol. The van der Waals surface area contributed by atoms with Gasteiger partial charge in [0.25, 0.3) is 0 Å². The summed E-state index contributed by atoms with van der Waals surface area (Å²) in [7, 11) is 0. The predicted octanol–water partition coefficient (Wildman–Crippen LogP) is 3.73. The number of hydrogen-bond donors (Lipinski definition) is 1. The van der Waals surface area contributed by atoms with Crippen molar-refractivity contribution < 1.29 is 4.39 Å². The molecule has 1 unspecified atom stereocenters. The van der Waals surface area contributed by atoms with Crippen LogP contribution in [0.3, 0.4) is 0 Å². The van der Waals surface area contributed by atoms with Gasteiger partial charge in [-0.15, -0.1) is 0 Å². The highest BCUT2D eigenvalue weighted by Crippen LogP contribution is 2.22. The Kier molecular flexibility index (Phi) is 4.33. The van der Waals surface area contributed by atoms with Crippen molar-refractivity contribution in [3.63, 3.8) is 0 Å². The quantitative estimate of drug-likeness (QED) is 0.887. The molecule has 0 aliphatic carbocycles. The zero-order valence-electron chi connectivity index (χ0n) is 11.5. The van der Waals surface area contributed by atoms with E-state index in [9.17, 15) is 4.39 Å². The van der Waals surface area contributed by atoms with E-state index < -0.39 is 0 Å². The fraction of sp³-hybridized carbons (Fsp3) is 0.294. The average Bonchev–Trinajstić information content (AvgIpc) is 2.34. The minimum absolute atomic E-state index is 0.164. The number of rotatable bonds is 4. The average molecular weight is 257 g/mol. The minimum Gasteiger partial charge on any atom is -0.330 e. The lowest BCUT2D eigenvalue weighted by Crippen LogP contribution is -2.15. The minimum atomic E-state index is -0.198. The zero-order valence-corrected chi connectivity index (χ0v) is 11.5. The highest BCUT2D eigenvalue weighted by molar-refractivity contribution is 5.31. The Balaban J connectivity index is 2.23. The largest absolute Gasteiger partial charge is 0.330 e. The maximum Gasteiger partial charge on any atom is 0.123 e. The van der Waals surface area contributed by atoms with Crippen LogP contribution in [0.25, 0.3) is 0 Å². The molecule has 2 N–H and O–H groups in total. The molecule has 0 bridgehead atoms. The Morgan fingerprint density at radius 2 is 1.74 bits per heavy atom. The molecule has 0 heterocycles. The standard InChI is InChI=1S/C17H20FN/c1-12-6-13(2)8-14(7-12)9-16(11-19)15-4-3-5-17(18)10-15/h3-8,10,16H,9,11,19H2,1-2H3. The highest BCUT2D eigenvalue weighted by atomic mass is 19.1. The number of hydrogen-bond acceptors (Lipinski definition) is 1. The maximum absolute atomic E-state index is 13.3. The van der Waals surface area contributed by atoms with E-state index in [1.165, 1.54) is 22.8 Å². The first kappa shape index (κ1) is 13.8. The summed E-state index contributed by atoms with van der Waals surface area (Å²) < 4.78 is 13.3. The molecule has 0 saturated carbocycles. The van der Waals surface area contributed by atoms with E-state index in [1.54, 1.807) is 12.1 Å². The Morgan fingerprint density at radius 1 is 1.05 bits per heavy atom. The zero-order chi connectivity index (χ0) is 13.8. The van der Waals surface area contributed by atoms with Gasteiger partial charge in [0.1, 0.15) is 5.82 Å². The molecule has 2 rings (SSSR count). The van der Waals surface area contributed by atoms with Gasteiger partial charge in [0.15, 0.2) is 0 Å². The Bertz CT molecular complexity index is 543. The van der Waals surface area contributed by atoms with Gasteiger partial charge in [-0.2, -0.15) is 0 Å². The Hall–Kier alpha value is -1.67. The van der Waals surface area contributed by atoms with Crippen LogP contribution in [0.2, 0.25) is 0 Å². The summed E-state index contributed by atoms with van der Waals surface area (Å²) in [5.74, 6) is -0.0340. The summed E-state index contributed by atoms with van der Waals surface area (Å²) in [6.45, 7) is 4.71. The van der Waals surface area contributed by atoms with Gasteiger partial charge >= 0.3 is 0 Å². The second-order valence-electron chi connectivity index (χ2n) is 5.19. The molecule has 0 spiro atoms. The van der Waals surface area contributed by atoms with E-state index >= 15 is 0 Å². The third kappa shape index (κ3) is 3.65. The second-order valence-corrected chi connectivity index (χ2v) is 5.19. The van der Waals surface area contributed by atoms with Crippen molar-refractivity contribution in [3.8, 4) is 0 Å². The molecule has 0 aliphatic heterocycles. The molecule has 2 heteroatoms. The van der Waals surface area contributed by atoms with Crippen molar-refractivity contribution in [3.05, 3.63) is 70.5 Å². The number of halogens is 1. The summed E-state index contributed by atoms with van der Waals surface area (Å²) >= 11 is 0. The van der Waals surface area contributed by atoms with Crippen molar-refractivity contribution in [2.75, 3.05) is 6.54 Å². The normalized spacial score (nSPS) is 12.4. The summed E-state index contributed by atoms with van der Waals surface area (Å²) in [5.41, 5.74) is 10.6. The molecule has 2 aromatic carbocycles. The smallest absolute Gasteiger partial charge is 0.123 e. The van der Waals surface area contributed by atoms with Gasteiger partial charge in [0.2, 0.25) is 0 Å². The van der Waals surface area contributed by atoms with Crippen LogP contribution in [-0.2, 0) is 6.42 Å². The van der Waals surface area contributed by atoms with Crippen LogP contribution in [0.4, 0.5) is 4.39 Å². The van der Waals surface area contributed by atoms with Gasteiger partial charge in [-0.05, 0) is 50.1 Å². The van der Waals surface area contributed by atoms with E-state index in [1.807, 2.05) is 6.07 Å². The van der Waals surface area contributed by atoms with Crippen molar-refractivity contribution in [2.45, 2.75) is 26.2 Å². The van der Waals surface area contributed by atoms with Gasteiger partial charge in [-0.25, -0.2) is 4.39 Å². The Morgan fingerprint density at radius 3 is 2.32 bits per heavy atom. The molecule has 0 aromatic heterocycles. The van der Waals surface area contributed by atoms with Crippen molar-refractivity contribution >= 4 is 0 Å². The molecule has 0 radical (unpaired) electrons. The first-order valence-corrected chi connectivity index (χ1v) is 6.61. The third-order valence-corrected chi connectivity index (χ3v) is 3.37. The van der Waals surface area contributed by atoms with Crippen molar-refractivity contribution in [1.29, 1.82) is 0 Å². The fourth-order valence-electron chi connectivity index (χ4n) is 2.57. The van der Waals surface area contributed by atoms with E-state index in [2.05, 4.69) is 32.0 Å². The molecule has 19 heavy (non-hydrogen) atoms. The molecule has 0 amide bonds. The SMILES string of the molecule is Cc1cc(C)cc(CC(CN)c2cccc(F)c2)c1. The molecule has 2 aromatic rings. The molecule has 1 atom stereocenters. The second kappa shape index (κ2) is 5.98. The van der Waals surface area contributed by atoms with Crippen LogP contribution in [-0.4, -0.2) is 6.54 Å². The van der Waals surface area contributed by atoms with Crippen LogP contribution < -0.4 is 5.73 Å². The summed E-state index contributed by atoms with van der Waals surface area (Å²) in [6, 6.07) is 13.2. The maximum atomic E-state index is 13.3. The molecule has 0 aliphatic rings. The van der Waals surface area contributed by atoms with Gasteiger partial charge < -0.3 is 5.73 Å². The van der Waals surface area contributed by atoms with E-state index in [0.29, 0.717) is 6.54 Å². The highest BCUT2D eigenvalue weighted by Gasteiger charge is 2.11. The van der Waals surface area contributed by atoms with Gasteiger partial charge in [0, 0.05) is 5.92 Å². The number of nitrogens with two attached hydrogens (primary N) is 1. The van der Waals surface area contributed by atoms with Gasteiger partial charge in [-0.3, -0.25) is 0 Å². The first-order chi connectivity index (χ1) is 9.08. The fourth-order valence-corrected chi connectivity index (χ4v) is 2.57. The molecular formula is C17H20FN. The predicted molar refractivity (Wildman–Crippen MR) is 77.8 cm³/mol. The molecular weight excluding hydrogens is 237 g/mol. The molecule has 0 saturated heterocycles. The van der Waals surface area contributed by atoms with E-state index in [0.717, 1.165) is 12.0 Å². The van der Waals surface area contributed by atoms with Crippen LogP contribution in [0.1, 0.15) is 28.2 Å². The molecule has 100 valence electrons. The van der Waals surface area contributed by atoms with Crippen molar-refractivity contribution in [2.24, 2.45) is 5.73 Å². The molecule has 1 nitrogen and oxygen atoms in total. The van der Waals surface area contributed by atoms with Crippen molar-refractivity contribution in [1.82, 2.24) is 0 Å². The summed E-state index contributed by atoms with van der Waals surface area (Å²) in [6.07, 6.45) is 0.850. The summed E-state index contributed by atoms with van der Waals surface area (Å²) in [5, 5.41) is 0. The molecule has 0 fully saturated rings. The van der Waals surface area contributed by atoms with Crippen LogP contribution in [0.5, 0.6) is 0 Å². The Labute approximate surface area is 114 Å². The number of aryl methyl sites for hydroxylation is 2. The van der Waals surface area contributed by atoms with Gasteiger partial charge in [0.05, 0.1) is 0 Å². The number of benzene rings is 2. The van der Waals surface area contributed by atoms with E-state index in [-0.39, 0.29) is 11.7 Å². The topological polar surface area (TPSA) is 26.0 Å².